The number of fused-ring (bicyclic) bond motifs is 2. The van der Waals surface area contributed by atoms with E-state index < -0.39 is 15.7 Å². The molecule has 4 rings (SSSR count). The number of anilines is 1. The Kier molecular flexibility index (Phi) is 3.44. The van der Waals surface area contributed by atoms with E-state index in [0.717, 1.165) is 5.52 Å². The number of imidazole rings is 1. The molecule has 2 aromatic carbocycles. The predicted molar refractivity (Wildman–Crippen MR) is 95.9 cm³/mol. The number of aromatic nitrogens is 5. The molecule has 0 spiro atoms. The predicted octanol–water partition coefficient (Wildman–Crippen LogP) is 1.70. The van der Waals surface area contributed by atoms with Crippen LogP contribution in [0, 0.1) is 0 Å². The third kappa shape index (κ3) is 2.70. The third-order valence-electron chi connectivity index (χ3n) is 3.72. The molecule has 0 unspecified atom stereocenters. The van der Waals surface area contributed by atoms with Gasteiger partial charge in [0.2, 0.25) is 0 Å². The molecule has 0 atom stereocenters. The first-order chi connectivity index (χ1) is 11.8. The zero-order valence-corrected chi connectivity index (χ0v) is 15.1. The zero-order chi connectivity index (χ0) is 17.8. The molecule has 9 nitrogen and oxygen atoms in total. The summed E-state index contributed by atoms with van der Waals surface area (Å²) >= 11 is 3.24. The Balaban J connectivity index is 1.77. The van der Waals surface area contributed by atoms with Gasteiger partial charge in [0.25, 0.3) is 10.0 Å². The van der Waals surface area contributed by atoms with Crippen LogP contribution < -0.4 is 10.4 Å². The van der Waals surface area contributed by atoms with Gasteiger partial charge in [-0.25, -0.2) is 17.9 Å². The summed E-state index contributed by atoms with van der Waals surface area (Å²) in [6, 6.07) is 7.89. The van der Waals surface area contributed by atoms with Crippen molar-refractivity contribution in [1.82, 2.24) is 25.0 Å². The van der Waals surface area contributed by atoms with Crippen LogP contribution in [0.4, 0.5) is 5.69 Å². The van der Waals surface area contributed by atoms with Crippen molar-refractivity contribution in [2.24, 2.45) is 7.05 Å². The first kappa shape index (κ1) is 15.8. The number of nitrogens with one attached hydrogen (secondary N) is 3. The van der Waals surface area contributed by atoms with Gasteiger partial charge in [-0.15, -0.1) is 5.10 Å². The van der Waals surface area contributed by atoms with Crippen molar-refractivity contribution < 1.29 is 8.42 Å². The van der Waals surface area contributed by atoms with Crippen LogP contribution in [0.2, 0.25) is 0 Å². The first-order valence-electron chi connectivity index (χ1n) is 7.07. The Morgan fingerprint density at radius 3 is 2.64 bits per heavy atom. The number of hydrogen-bond donors (Lipinski definition) is 3. The highest BCUT2D eigenvalue weighted by Gasteiger charge is 2.20. The van der Waals surface area contributed by atoms with Crippen molar-refractivity contribution >= 4 is 53.7 Å². The Morgan fingerprint density at radius 1 is 1.16 bits per heavy atom. The smallest absolute Gasteiger partial charge is 0.306 e. The Bertz CT molecular complexity index is 1290. The molecule has 0 radical (unpaired) electrons. The van der Waals surface area contributed by atoms with Crippen molar-refractivity contribution in [2.45, 2.75) is 4.90 Å². The molecule has 11 heteroatoms. The Hall–Kier alpha value is -2.66. The summed E-state index contributed by atoms with van der Waals surface area (Å²) in [6.07, 6.45) is 0. The standard InChI is InChI=1S/C14H11BrN6O3S/c1-21-12-3-2-7(4-11(12)18-20-21)19-25(23,24)13-6-10-9(5-8(13)15)16-14(22)17-10/h2-6,19H,1H3,(H2,16,17,22). The highest BCUT2D eigenvalue weighted by molar-refractivity contribution is 9.10. The van der Waals surface area contributed by atoms with E-state index in [1.54, 1.807) is 29.9 Å². The molecular formula is C14H11BrN6O3S. The van der Waals surface area contributed by atoms with Crippen molar-refractivity contribution in [3.63, 3.8) is 0 Å². The van der Waals surface area contributed by atoms with Crippen LogP contribution in [-0.2, 0) is 17.1 Å². The highest BCUT2D eigenvalue weighted by atomic mass is 79.9. The van der Waals surface area contributed by atoms with E-state index in [1.165, 1.54) is 12.1 Å². The second-order valence-corrected chi connectivity index (χ2v) is 7.93. The van der Waals surface area contributed by atoms with Gasteiger partial charge in [0.05, 0.1) is 22.2 Å². The number of nitrogens with zero attached hydrogens (tertiary/aromatic N) is 3. The van der Waals surface area contributed by atoms with Gasteiger partial charge >= 0.3 is 5.69 Å². The summed E-state index contributed by atoms with van der Waals surface area (Å²) in [5, 5.41) is 7.85. The molecule has 0 bridgehead atoms. The second kappa shape index (κ2) is 5.43. The van der Waals surface area contributed by atoms with Gasteiger partial charge in [-0.05, 0) is 46.3 Å². The molecule has 0 saturated heterocycles. The number of rotatable bonds is 3. The number of aromatic amines is 2. The molecule has 0 saturated carbocycles. The fourth-order valence-electron chi connectivity index (χ4n) is 2.56. The van der Waals surface area contributed by atoms with Crippen molar-refractivity contribution in [3.8, 4) is 0 Å². The Morgan fingerprint density at radius 2 is 1.88 bits per heavy atom. The van der Waals surface area contributed by atoms with Crippen LogP contribution in [-0.4, -0.2) is 33.4 Å². The lowest BCUT2D eigenvalue weighted by Gasteiger charge is -2.10. The molecule has 4 aromatic rings. The number of H-pyrrole nitrogens is 2. The van der Waals surface area contributed by atoms with Crippen LogP contribution in [0.3, 0.4) is 0 Å². The van der Waals surface area contributed by atoms with Gasteiger partial charge in [0, 0.05) is 11.5 Å². The van der Waals surface area contributed by atoms with Gasteiger partial charge in [-0.2, -0.15) is 0 Å². The molecule has 2 heterocycles. The number of hydrogen-bond acceptors (Lipinski definition) is 5. The molecular weight excluding hydrogens is 412 g/mol. The van der Waals surface area contributed by atoms with E-state index in [4.69, 9.17) is 0 Å². The third-order valence-corrected chi connectivity index (χ3v) is 6.06. The fraction of sp³-hybridized carbons (Fsp3) is 0.0714. The molecule has 0 fully saturated rings. The first-order valence-corrected chi connectivity index (χ1v) is 9.35. The molecule has 3 N–H and O–H groups in total. The minimum Gasteiger partial charge on any atom is -0.306 e. The van der Waals surface area contributed by atoms with Crippen molar-refractivity contribution in [3.05, 3.63) is 45.3 Å². The largest absolute Gasteiger partial charge is 0.323 e. The lowest BCUT2D eigenvalue weighted by Crippen LogP contribution is -2.13. The summed E-state index contributed by atoms with van der Waals surface area (Å²) < 4.78 is 29.9. The number of benzene rings is 2. The van der Waals surface area contributed by atoms with E-state index >= 15 is 0 Å². The van der Waals surface area contributed by atoms with Gasteiger partial charge in [0.1, 0.15) is 10.4 Å². The van der Waals surface area contributed by atoms with E-state index in [-0.39, 0.29) is 4.90 Å². The maximum absolute atomic E-state index is 12.7. The second-order valence-electron chi connectivity index (χ2n) is 5.43. The molecule has 25 heavy (non-hydrogen) atoms. The van der Waals surface area contributed by atoms with Gasteiger partial charge in [-0.3, -0.25) is 4.72 Å². The summed E-state index contributed by atoms with van der Waals surface area (Å²) in [5.74, 6) is 0. The average molecular weight is 423 g/mol. The quantitative estimate of drug-likeness (QED) is 0.463. The number of aryl methyl sites for hydroxylation is 1. The van der Waals surface area contributed by atoms with Gasteiger partial charge in [-0.1, -0.05) is 5.21 Å². The van der Waals surface area contributed by atoms with Crippen LogP contribution in [0.15, 0.2) is 44.5 Å². The molecule has 0 aliphatic carbocycles. The van der Waals surface area contributed by atoms with Gasteiger partial charge in [0.15, 0.2) is 0 Å². The summed E-state index contributed by atoms with van der Waals surface area (Å²) in [4.78, 5) is 16.5. The summed E-state index contributed by atoms with van der Waals surface area (Å²) in [6.45, 7) is 0. The van der Waals surface area contributed by atoms with Crippen LogP contribution >= 0.6 is 15.9 Å². The Labute approximate surface area is 149 Å². The molecule has 2 aromatic heterocycles. The zero-order valence-electron chi connectivity index (χ0n) is 12.7. The molecule has 0 amide bonds. The maximum atomic E-state index is 12.7. The van der Waals surface area contributed by atoms with Crippen LogP contribution in [0.1, 0.15) is 0 Å². The summed E-state index contributed by atoms with van der Waals surface area (Å²) in [5.41, 5.74) is 2.23. The molecule has 0 aliphatic heterocycles. The topological polar surface area (TPSA) is 126 Å². The monoisotopic (exact) mass is 422 g/mol. The van der Waals surface area contributed by atoms with Gasteiger partial charge < -0.3 is 9.97 Å². The number of halogens is 1. The van der Waals surface area contributed by atoms with Crippen LogP contribution in [0.25, 0.3) is 22.1 Å². The van der Waals surface area contributed by atoms with E-state index in [1.807, 2.05) is 0 Å². The fourth-order valence-corrected chi connectivity index (χ4v) is 4.67. The maximum Gasteiger partial charge on any atom is 0.323 e. The average Bonchev–Trinajstić information content (AvgIpc) is 3.07. The van der Waals surface area contributed by atoms with Crippen molar-refractivity contribution in [1.29, 1.82) is 0 Å². The lowest BCUT2D eigenvalue weighted by molar-refractivity contribution is 0.601. The summed E-state index contributed by atoms with van der Waals surface area (Å²) in [7, 11) is -2.12. The minimum atomic E-state index is -3.88. The lowest BCUT2D eigenvalue weighted by atomic mass is 10.3. The van der Waals surface area contributed by atoms with E-state index in [2.05, 4.69) is 40.9 Å². The number of sulfonamides is 1. The minimum absolute atomic E-state index is 0.00879. The molecule has 0 aliphatic rings. The van der Waals surface area contributed by atoms with E-state index in [0.29, 0.717) is 26.7 Å². The van der Waals surface area contributed by atoms with Crippen molar-refractivity contribution in [2.75, 3.05) is 4.72 Å². The highest BCUT2D eigenvalue weighted by Crippen LogP contribution is 2.28. The normalized spacial score (nSPS) is 12.1. The SMILES string of the molecule is Cn1nnc2cc(NS(=O)(=O)c3cc4[nH]c(=O)[nH]c4cc3Br)ccc21. The van der Waals surface area contributed by atoms with E-state index in [9.17, 15) is 13.2 Å². The van der Waals surface area contributed by atoms with Crippen LogP contribution in [0.5, 0.6) is 0 Å². The molecule has 128 valence electrons.